The molecular formula is C22H19F3N4O5. The minimum absolute atomic E-state index is 0.0102. The summed E-state index contributed by atoms with van der Waals surface area (Å²) in [7, 11) is 0. The van der Waals surface area contributed by atoms with Gasteiger partial charge >= 0.3 is 11.9 Å². The van der Waals surface area contributed by atoms with Gasteiger partial charge < -0.3 is 20.5 Å². The van der Waals surface area contributed by atoms with Crippen LogP contribution in [0.2, 0.25) is 0 Å². The quantitative estimate of drug-likeness (QED) is 0.538. The van der Waals surface area contributed by atoms with E-state index in [-0.39, 0.29) is 35.6 Å². The first-order valence-electron chi connectivity index (χ1n) is 10.2. The zero-order valence-corrected chi connectivity index (χ0v) is 18.0. The monoisotopic (exact) mass is 476 g/mol. The Kier molecular flexibility index (Phi) is 5.67. The number of hydrogen-bond donors (Lipinski definition) is 2. The van der Waals surface area contributed by atoms with E-state index in [1.165, 1.54) is 11.0 Å². The average molecular weight is 476 g/mol. The van der Waals surface area contributed by atoms with Crippen LogP contribution in [0.3, 0.4) is 0 Å². The fourth-order valence-corrected chi connectivity index (χ4v) is 3.55. The molecule has 1 saturated heterocycles. The van der Waals surface area contributed by atoms with Gasteiger partial charge in [-0.2, -0.15) is 0 Å². The summed E-state index contributed by atoms with van der Waals surface area (Å²) in [5, 5.41) is 9.06. The molecule has 4 rings (SSSR count). The van der Waals surface area contributed by atoms with Crippen LogP contribution in [0.1, 0.15) is 24.2 Å². The number of fused-ring (bicyclic) bond motifs is 1. The molecule has 3 N–H and O–H groups in total. The smallest absolute Gasteiger partial charge is 0.341 e. The molecule has 1 aliphatic rings. The van der Waals surface area contributed by atoms with Crippen LogP contribution < -0.4 is 16.1 Å². The molecule has 0 spiro atoms. The van der Waals surface area contributed by atoms with E-state index in [0.717, 1.165) is 16.8 Å². The number of carboxylic acids is 1. The van der Waals surface area contributed by atoms with E-state index < -0.39 is 58.1 Å². The molecule has 178 valence electrons. The van der Waals surface area contributed by atoms with Gasteiger partial charge in [0, 0.05) is 12.3 Å². The zero-order valence-electron chi connectivity index (χ0n) is 18.0. The lowest BCUT2D eigenvalue weighted by molar-refractivity contribution is -0.153. The summed E-state index contributed by atoms with van der Waals surface area (Å²) >= 11 is 0. The number of aromatic nitrogens is 2. The maximum absolute atomic E-state index is 14.9. The molecule has 0 aliphatic carbocycles. The molecule has 34 heavy (non-hydrogen) atoms. The number of nitrogens with zero attached hydrogens (tertiary/aromatic N) is 3. The van der Waals surface area contributed by atoms with Gasteiger partial charge in [-0.05, 0) is 12.1 Å². The van der Waals surface area contributed by atoms with Gasteiger partial charge in [-0.3, -0.25) is 14.2 Å². The average Bonchev–Trinajstić information content (AvgIpc) is 2.73. The summed E-state index contributed by atoms with van der Waals surface area (Å²) in [5.41, 5.74) is 3.62. The Balaban J connectivity index is 1.85. The molecule has 1 aliphatic heterocycles. The molecule has 0 atom stereocenters. The summed E-state index contributed by atoms with van der Waals surface area (Å²) in [6.07, 6.45) is 0.360. The van der Waals surface area contributed by atoms with Crippen LogP contribution in [0.4, 0.5) is 24.7 Å². The highest BCUT2D eigenvalue weighted by Crippen LogP contribution is 2.31. The fraction of sp³-hybridized carbons (Fsp3) is 0.273. The van der Waals surface area contributed by atoms with Crippen molar-refractivity contribution in [2.24, 2.45) is 5.92 Å². The third kappa shape index (κ3) is 3.91. The molecule has 0 radical (unpaired) electrons. The third-order valence-corrected chi connectivity index (χ3v) is 5.41. The maximum atomic E-state index is 14.9. The minimum atomic E-state index is -1.63. The Morgan fingerprint density at radius 1 is 1.15 bits per heavy atom. The number of nitrogens with two attached hydrogens (primary N) is 1. The summed E-state index contributed by atoms with van der Waals surface area (Å²) in [5.74, 6) is -6.71. The van der Waals surface area contributed by atoms with Gasteiger partial charge in [-0.1, -0.05) is 13.8 Å². The molecule has 2 aromatic heterocycles. The van der Waals surface area contributed by atoms with E-state index in [0.29, 0.717) is 6.07 Å². The van der Waals surface area contributed by atoms with Crippen LogP contribution in [-0.2, 0) is 9.53 Å². The maximum Gasteiger partial charge on any atom is 0.341 e. The summed E-state index contributed by atoms with van der Waals surface area (Å²) in [4.78, 5) is 41.2. The predicted molar refractivity (Wildman–Crippen MR) is 116 cm³/mol. The van der Waals surface area contributed by atoms with Crippen molar-refractivity contribution in [2.75, 3.05) is 23.7 Å². The fourth-order valence-electron chi connectivity index (χ4n) is 3.55. The van der Waals surface area contributed by atoms with Gasteiger partial charge in [0.1, 0.15) is 17.5 Å². The second kappa shape index (κ2) is 8.36. The number of anilines is 2. The summed E-state index contributed by atoms with van der Waals surface area (Å²) in [6.45, 7) is 3.71. The highest BCUT2D eigenvalue weighted by Gasteiger charge is 2.33. The third-order valence-electron chi connectivity index (χ3n) is 5.41. The first-order chi connectivity index (χ1) is 16.0. The van der Waals surface area contributed by atoms with Crippen molar-refractivity contribution in [3.63, 3.8) is 0 Å². The summed E-state index contributed by atoms with van der Waals surface area (Å²) in [6, 6.07) is 2.53. The molecule has 0 unspecified atom stereocenters. The Morgan fingerprint density at radius 2 is 1.82 bits per heavy atom. The topological polar surface area (TPSA) is 128 Å². The van der Waals surface area contributed by atoms with Crippen molar-refractivity contribution in [3.05, 3.63) is 57.6 Å². The lowest BCUT2D eigenvalue weighted by atomic mass is 10.1. The van der Waals surface area contributed by atoms with Gasteiger partial charge in [0.25, 0.3) is 0 Å². The number of halogens is 3. The molecular weight excluding hydrogens is 457 g/mol. The normalized spacial score (nSPS) is 13.9. The van der Waals surface area contributed by atoms with Crippen LogP contribution in [0.15, 0.2) is 29.2 Å². The first kappa shape index (κ1) is 23.1. The number of benzene rings is 1. The molecule has 12 heteroatoms. The number of rotatable bonds is 5. The van der Waals surface area contributed by atoms with Crippen LogP contribution in [0.25, 0.3) is 16.7 Å². The number of carbonyl (C=O) groups is 2. The molecule has 3 heterocycles. The van der Waals surface area contributed by atoms with E-state index in [4.69, 9.17) is 10.5 Å². The highest BCUT2D eigenvalue weighted by molar-refractivity contribution is 5.94. The van der Waals surface area contributed by atoms with Gasteiger partial charge in [0.15, 0.2) is 23.3 Å². The largest absolute Gasteiger partial charge is 0.477 e. The number of esters is 1. The number of ether oxygens (including phenoxy) is 1. The van der Waals surface area contributed by atoms with Crippen molar-refractivity contribution in [2.45, 2.75) is 20.0 Å². The zero-order chi connectivity index (χ0) is 24.9. The minimum Gasteiger partial charge on any atom is -0.477 e. The van der Waals surface area contributed by atoms with Crippen LogP contribution >= 0.6 is 0 Å². The molecule has 9 nitrogen and oxygen atoms in total. The van der Waals surface area contributed by atoms with Crippen molar-refractivity contribution < 1.29 is 32.6 Å². The van der Waals surface area contributed by atoms with Crippen molar-refractivity contribution in [1.82, 2.24) is 9.55 Å². The number of hydrogen-bond acceptors (Lipinski definition) is 7. The molecule has 0 amide bonds. The van der Waals surface area contributed by atoms with Crippen LogP contribution in [0.5, 0.6) is 0 Å². The Hall–Kier alpha value is -4.09. The predicted octanol–water partition coefficient (Wildman–Crippen LogP) is 2.47. The lowest BCUT2D eigenvalue weighted by Crippen LogP contribution is -2.53. The van der Waals surface area contributed by atoms with E-state index >= 15 is 0 Å². The van der Waals surface area contributed by atoms with Gasteiger partial charge in [0.2, 0.25) is 5.43 Å². The lowest BCUT2D eigenvalue weighted by Gasteiger charge is -2.40. The highest BCUT2D eigenvalue weighted by atomic mass is 19.1. The van der Waals surface area contributed by atoms with Crippen molar-refractivity contribution >= 4 is 34.3 Å². The molecule has 1 aromatic carbocycles. The van der Waals surface area contributed by atoms with E-state index in [1.807, 2.05) is 0 Å². The molecule has 0 bridgehead atoms. The van der Waals surface area contributed by atoms with Crippen molar-refractivity contribution in [3.8, 4) is 5.82 Å². The van der Waals surface area contributed by atoms with E-state index in [9.17, 15) is 32.7 Å². The molecule has 0 saturated carbocycles. The Labute approximate surface area is 190 Å². The summed E-state index contributed by atoms with van der Waals surface area (Å²) < 4.78 is 49.4. The number of nitrogen functional groups attached to an aromatic ring is 1. The number of carbonyl (C=O) groups excluding carboxylic acids is 1. The Morgan fingerprint density at radius 3 is 2.44 bits per heavy atom. The molecule has 1 fully saturated rings. The SMILES string of the molecule is CC(C)C(=O)OC1CN(c2cc3c(cc2F)c(=O)c(C(=O)O)cn3-c2nc(N)c(F)cc2F)C1. The molecule has 3 aromatic rings. The second-order valence-electron chi connectivity index (χ2n) is 8.15. The second-order valence-corrected chi connectivity index (χ2v) is 8.15. The van der Waals surface area contributed by atoms with Gasteiger partial charge in [0.05, 0.1) is 35.6 Å². The van der Waals surface area contributed by atoms with Gasteiger partial charge in [-0.25, -0.2) is 22.9 Å². The van der Waals surface area contributed by atoms with Crippen LogP contribution in [-0.4, -0.2) is 45.8 Å². The first-order valence-corrected chi connectivity index (χ1v) is 10.2. The Bertz CT molecular complexity index is 1400. The van der Waals surface area contributed by atoms with Crippen LogP contribution in [0, 0.1) is 23.4 Å². The number of aromatic carboxylic acids is 1. The van der Waals surface area contributed by atoms with E-state index in [2.05, 4.69) is 4.98 Å². The van der Waals surface area contributed by atoms with Crippen molar-refractivity contribution in [1.29, 1.82) is 0 Å². The van der Waals surface area contributed by atoms with Gasteiger partial charge in [-0.15, -0.1) is 0 Å². The number of pyridine rings is 2. The van der Waals surface area contributed by atoms with E-state index in [1.54, 1.807) is 13.8 Å². The standard InChI is InChI=1S/C22H19F3N4O5/c1-9(2)22(33)34-10-6-28(7-10)17-5-16-11(3-13(17)23)18(30)12(21(31)32)8-29(16)20-15(25)4-14(24)19(26)27-20/h3-5,8-10H,6-7H2,1-2H3,(H2,26,27)(H,31,32). The number of carboxylic acid groups (broad SMARTS) is 1.